The summed E-state index contributed by atoms with van der Waals surface area (Å²) >= 11 is 9.28. The molecule has 0 fully saturated rings. The van der Waals surface area contributed by atoms with Crippen LogP contribution in [0.15, 0.2) is 30.5 Å². The van der Waals surface area contributed by atoms with Crippen molar-refractivity contribution in [1.29, 1.82) is 0 Å². The number of amides is 1. The number of nitrogens with one attached hydrogen (secondary N) is 1. The van der Waals surface area contributed by atoms with E-state index in [2.05, 4.69) is 26.2 Å². The van der Waals surface area contributed by atoms with E-state index in [1.807, 2.05) is 12.1 Å². The number of hydrogen-bond acceptors (Lipinski definition) is 2. The Morgan fingerprint density at radius 1 is 1.47 bits per heavy atom. The minimum atomic E-state index is -0.253. The standard InChI is InChI=1S/C12H10BrClN2O/c1-7(13)12(17)16-10-5-4-9(14)8-3-2-6-15-11(8)10/h2-7H,1H3,(H,16,17). The van der Waals surface area contributed by atoms with Crippen molar-refractivity contribution < 1.29 is 4.79 Å². The molecule has 0 radical (unpaired) electrons. The maximum absolute atomic E-state index is 11.6. The lowest BCUT2D eigenvalue weighted by molar-refractivity contribution is -0.115. The van der Waals surface area contributed by atoms with Gasteiger partial charge < -0.3 is 5.32 Å². The summed E-state index contributed by atoms with van der Waals surface area (Å²) in [6.45, 7) is 1.76. The summed E-state index contributed by atoms with van der Waals surface area (Å²) in [6, 6.07) is 7.19. The number of aromatic nitrogens is 1. The minimum Gasteiger partial charge on any atom is -0.323 e. The number of fused-ring (bicyclic) bond motifs is 1. The smallest absolute Gasteiger partial charge is 0.237 e. The van der Waals surface area contributed by atoms with Crippen LogP contribution >= 0.6 is 27.5 Å². The van der Waals surface area contributed by atoms with Gasteiger partial charge in [0.05, 0.1) is 21.1 Å². The molecule has 0 bridgehead atoms. The van der Waals surface area contributed by atoms with E-state index in [0.29, 0.717) is 16.2 Å². The van der Waals surface area contributed by atoms with Gasteiger partial charge in [0, 0.05) is 11.6 Å². The Morgan fingerprint density at radius 2 is 2.24 bits per heavy atom. The molecule has 0 aliphatic rings. The highest BCUT2D eigenvalue weighted by Crippen LogP contribution is 2.28. The van der Waals surface area contributed by atoms with E-state index in [-0.39, 0.29) is 10.7 Å². The molecule has 0 saturated carbocycles. The molecule has 88 valence electrons. The largest absolute Gasteiger partial charge is 0.323 e. The van der Waals surface area contributed by atoms with Gasteiger partial charge in [-0.25, -0.2) is 0 Å². The molecule has 1 heterocycles. The number of alkyl halides is 1. The second kappa shape index (κ2) is 5.02. The molecule has 2 rings (SSSR count). The van der Waals surface area contributed by atoms with Crippen molar-refractivity contribution in [1.82, 2.24) is 4.98 Å². The number of pyridine rings is 1. The molecule has 1 N–H and O–H groups in total. The zero-order valence-corrected chi connectivity index (χ0v) is 11.4. The molecule has 0 aliphatic heterocycles. The number of nitrogens with zero attached hydrogens (tertiary/aromatic N) is 1. The molecule has 1 atom stereocenters. The second-order valence-corrected chi connectivity index (χ2v) is 5.38. The van der Waals surface area contributed by atoms with Crippen molar-refractivity contribution in [3.05, 3.63) is 35.5 Å². The molecule has 0 aliphatic carbocycles. The van der Waals surface area contributed by atoms with Crippen LogP contribution in [0.1, 0.15) is 6.92 Å². The molecule has 1 aromatic carbocycles. The highest BCUT2D eigenvalue weighted by atomic mass is 79.9. The summed E-state index contributed by atoms with van der Waals surface area (Å²) in [5.41, 5.74) is 1.36. The number of hydrogen-bond donors (Lipinski definition) is 1. The summed E-state index contributed by atoms with van der Waals surface area (Å²) in [5, 5.41) is 4.26. The van der Waals surface area contributed by atoms with E-state index in [1.165, 1.54) is 0 Å². The Labute approximate surface area is 112 Å². The Balaban J connectivity index is 2.48. The molecule has 2 aromatic rings. The van der Waals surface area contributed by atoms with Gasteiger partial charge in [-0.1, -0.05) is 27.5 Å². The quantitative estimate of drug-likeness (QED) is 0.861. The van der Waals surface area contributed by atoms with E-state index in [9.17, 15) is 4.79 Å². The monoisotopic (exact) mass is 312 g/mol. The molecule has 1 unspecified atom stereocenters. The van der Waals surface area contributed by atoms with Crippen LogP contribution in [-0.4, -0.2) is 15.7 Å². The molecule has 0 saturated heterocycles. The molecule has 1 aromatic heterocycles. The zero-order chi connectivity index (χ0) is 12.4. The first kappa shape index (κ1) is 12.3. The number of halogens is 2. The third-order valence-corrected chi connectivity index (χ3v) is 3.08. The molecule has 3 nitrogen and oxygen atoms in total. The number of carbonyl (C=O) groups excluding carboxylic acids is 1. The van der Waals surface area contributed by atoms with Gasteiger partial charge in [0.15, 0.2) is 0 Å². The summed E-state index contributed by atoms with van der Waals surface area (Å²) < 4.78 is 0. The summed E-state index contributed by atoms with van der Waals surface area (Å²) in [7, 11) is 0. The van der Waals surface area contributed by atoms with Gasteiger partial charge in [0.2, 0.25) is 5.91 Å². The highest BCUT2D eigenvalue weighted by molar-refractivity contribution is 9.10. The number of anilines is 1. The normalized spacial score (nSPS) is 12.4. The Kier molecular flexibility index (Phi) is 3.64. The maximum Gasteiger partial charge on any atom is 0.237 e. The van der Waals surface area contributed by atoms with Crippen molar-refractivity contribution in [2.24, 2.45) is 0 Å². The third-order valence-electron chi connectivity index (χ3n) is 2.34. The first-order valence-corrected chi connectivity index (χ1v) is 6.37. The molecule has 0 spiro atoms. The van der Waals surface area contributed by atoms with Crippen molar-refractivity contribution in [2.45, 2.75) is 11.8 Å². The fraction of sp³-hybridized carbons (Fsp3) is 0.167. The highest BCUT2D eigenvalue weighted by Gasteiger charge is 2.12. The van der Waals surface area contributed by atoms with Gasteiger partial charge in [-0.3, -0.25) is 9.78 Å². The lowest BCUT2D eigenvalue weighted by atomic mass is 10.2. The molecular formula is C12H10BrClN2O. The summed E-state index contributed by atoms with van der Waals surface area (Å²) in [5.74, 6) is -0.112. The van der Waals surface area contributed by atoms with Crippen LogP contribution in [0.3, 0.4) is 0 Å². The SMILES string of the molecule is CC(Br)C(=O)Nc1ccc(Cl)c2cccnc12. The third kappa shape index (κ3) is 2.58. The lowest BCUT2D eigenvalue weighted by Crippen LogP contribution is -2.20. The number of benzene rings is 1. The average Bonchev–Trinajstić information content (AvgIpc) is 2.33. The Morgan fingerprint density at radius 3 is 2.94 bits per heavy atom. The van der Waals surface area contributed by atoms with E-state index in [1.54, 1.807) is 25.3 Å². The van der Waals surface area contributed by atoms with Crippen molar-refractivity contribution in [3.8, 4) is 0 Å². The van der Waals surface area contributed by atoms with E-state index in [4.69, 9.17) is 11.6 Å². The summed E-state index contributed by atoms with van der Waals surface area (Å²) in [6.07, 6.45) is 1.67. The predicted octanol–water partition coefficient (Wildman–Crippen LogP) is 3.61. The Hall–Kier alpha value is -1.13. The minimum absolute atomic E-state index is 0.112. The number of rotatable bonds is 2. The first-order valence-electron chi connectivity index (χ1n) is 5.08. The van der Waals surface area contributed by atoms with Gasteiger partial charge in [0.25, 0.3) is 0 Å². The van der Waals surface area contributed by atoms with Crippen LogP contribution in [0.25, 0.3) is 10.9 Å². The molecule has 1 amide bonds. The number of carbonyl (C=O) groups is 1. The molecule has 5 heteroatoms. The zero-order valence-electron chi connectivity index (χ0n) is 9.08. The summed E-state index contributed by atoms with van der Waals surface area (Å²) in [4.78, 5) is 15.6. The van der Waals surface area contributed by atoms with Crippen molar-refractivity contribution in [3.63, 3.8) is 0 Å². The van der Waals surface area contributed by atoms with Crippen LogP contribution in [0.2, 0.25) is 5.02 Å². The van der Waals surface area contributed by atoms with E-state index >= 15 is 0 Å². The second-order valence-electron chi connectivity index (χ2n) is 3.60. The lowest BCUT2D eigenvalue weighted by Gasteiger charge is -2.09. The van der Waals surface area contributed by atoms with Gasteiger partial charge in [-0.15, -0.1) is 0 Å². The van der Waals surface area contributed by atoms with Gasteiger partial charge in [-0.2, -0.15) is 0 Å². The van der Waals surface area contributed by atoms with Crippen molar-refractivity contribution in [2.75, 3.05) is 5.32 Å². The Bertz CT molecular complexity index is 571. The fourth-order valence-electron chi connectivity index (χ4n) is 1.47. The molecule has 17 heavy (non-hydrogen) atoms. The maximum atomic E-state index is 11.6. The van der Waals surface area contributed by atoms with Crippen LogP contribution in [0, 0.1) is 0 Å². The topological polar surface area (TPSA) is 42.0 Å². The van der Waals surface area contributed by atoms with Gasteiger partial charge >= 0.3 is 0 Å². The average molecular weight is 314 g/mol. The van der Waals surface area contributed by atoms with Crippen LogP contribution in [-0.2, 0) is 4.79 Å². The fourth-order valence-corrected chi connectivity index (χ4v) is 1.80. The van der Waals surface area contributed by atoms with E-state index in [0.717, 1.165) is 5.39 Å². The predicted molar refractivity (Wildman–Crippen MR) is 73.8 cm³/mol. The van der Waals surface area contributed by atoms with Gasteiger partial charge in [0.1, 0.15) is 0 Å². The van der Waals surface area contributed by atoms with Crippen LogP contribution in [0.5, 0.6) is 0 Å². The molecular weight excluding hydrogens is 304 g/mol. The first-order chi connectivity index (χ1) is 8.09. The van der Waals surface area contributed by atoms with Crippen LogP contribution in [0.4, 0.5) is 5.69 Å². The van der Waals surface area contributed by atoms with Crippen LogP contribution < -0.4 is 5.32 Å². The van der Waals surface area contributed by atoms with Gasteiger partial charge in [-0.05, 0) is 31.2 Å². The van der Waals surface area contributed by atoms with Crippen molar-refractivity contribution >= 4 is 50.0 Å². The van der Waals surface area contributed by atoms with E-state index < -0.39 is 0 Å².